The van der Waals surface area contributed by atoms with E-state index in [-0.39, 0.29) is 5.75 Å². The Morgan fingerprint density at radius 1 is 1.07 bits per heavy atom. The van der Waals surface area contributed by atoms with Crippen LogP contribution in [0.25, 0.3) is 21.2 Å². The van der Waals surface area contributed by atoms with Crippen molar-refractivity contribution >= 4 is 22.1 Å². The highest BCUT2D eigenvalue weighted by atomic mass is 32.1. The highest BCUT2D eigenvalue weighted by Crippen LogP contribution is 2.39. The van der Waals surface area contributed by atoms with Crippen LogP contribution in [0.2, 0.25) is 0 Å². The highest BCUT2D eigenvalue weighted by Gasteiger charge is 2.21. The number of fused-ring (bicyclic) bond motifs is 2. The van der Waals surface area contributed by atoms with E-state index >= 15 is 0 Å². The van der Waals surface area contributed by atoms with Gasteiger partial charge in [-0.3, -0.25) is 4.90 Å². The van der Waals surface area contributed by atoms with Gasteiger partial charge in [0.15, 0.2) is 11.5 Å². The van der Waals surface area contributed by atoms with E-state index in [0.717, 1.165) is 46.8 Å². The number of ether oxygens (including phenoxy) is 2. The third kappa shape index (κ3) is 3.51. The van der Waals surface area contributed by atoms with Crippen molar-refractivity contribution in [2.45, 2.75) is 13.1 Å². The van der Waals surface area contributed by atoms with Crippen molar-refractivity contribution in [2.75, 3.05) is 20.3 Å². The Labute approximate surface area is 179 Å². The Morgan fingerprint density at radius 2 is 1.93 bits per heavy atom. The summed E-state index contributed by atoms with van der Waals surface area (Å²) in [6.07, 6.45) is 0. The molecular formula is C25H23NO3S. The lowest BCUT2D eigenvalue weighted by Gasteiger charge is -2.21. The Balaban J connectivity index is 1.48. The number of phenols is 1. The van der Waals surface area contributed by atoms with Gasteiger partial charge in [0.05, 0.1) is 7.11 Å². The molecule has 152 valence electrons. The van der Waals surface area contributed by atoms with Gasteiger partial charge < -0.3 is 14.6 Å². The molecule has 2 heterocycles. The first-order valence-electron chi connectivity index (χ1n) is 10.0. The topological polar surface area (TPSA) is 41.9 Å². The van der Waals surface area contributed by atoms with Crippen LogP contribution in [-0.2, 0) is 13.1 Å². The molecule has 1 aromatic heterocycles. The number of hydrogen-bond acceptors (Lipinski definition) is 5. The van der Waals surface area contributed by atoms with Crippen LogP contribution in [0, 0.1) is 0 Å². The largest absolute Gasteiger partial charge is 0.504 e. The molecule has 30 heavy (non-hydrogen) atoms. The monoisotopic (exact) mass is 417 g/mol. The summed E-state index contributed by atoms with van der Waals surface area (Å²) in [6.45, 7) is 2.87. The van der Waals surface area contributed by atoms with Crippen LogP contribution in [0.5, 0.6) is 17.2 Å². The number of aromatic hydroxyl groups is 1. The number of thiophene rings is 1. The Hall–Kier alpha value is -3.02. The van der Waals surface area contributed by atoms with Gasteiger partial charge in [-0.1, -0.05) is 36.4 Å². The van der Waals surface area contributed by atoms with Crippen LogP contribution in [0.4, 0.5) is 0 Å². The van der Waals surface area contributed by atoms with Crippen LogP contribution < -0.4 is 9.47 Å². The number of benzene rings is 3. The second-order valence-corrected chi connectivity index (χ2v) is 8.44. The molecule has 0 aliphatic carbocycles. The van der Waals surface area contributed by atoms with Crippen molar-refractivity contribution in [3.63, 3.8) is 0 Å². The summed E-state index contributed by atoms with van der Waals surface area (Å²) in [5.41, 5.74) is 3.31. The maximum atomic E-state index is 10.6. The van der Waals surface area contributed by atoms with Crippen molar-refractivity contribution in [3.05, 3.63) is 77.2 Å². The van der Waals surface area contributed by atoms with E-state index < -0.39 is 0 Å². The Morgan fingerprint density at radius 3 is 2.73 bits per heavy atom. The van der Waals surface area contributed by atoms with E-state index in [1.54, 1.807) is 24.5 Å². The molecule has 0 bridgehead atoms. The summed E-state index contributed by atoms with van der Waals surface area (Å²) >= 11 is 1.67. The molecule has 0 saturated heterocycles. The van der Waals surface area contributed by atoms with Crippen molar-refractivity contribution in [1.29, 1.82) is 0 Å². The summed E-state index contributed by atoms with van der Waals surface area (Å²) in [5.74, 6) is 1.72. The number of hydrogen-bond donors (Lipinski definition) is 1. The zero-order valence-electron chi connectivity index (χ0n) is 16.8. The van der Waals surface area contributed by atoms with Crippen molar-refractivity contribution in [3.8, 4) is 27.7 Å². The van der Waals surface area contributed by atoms with Crippen molar-refractivity contribution in [2.24, 2.45) is 0 Å². The van der Waals surface area contributed by atoms with Crippen LogP contribution >= 0.6 is 11.3 Å². The third-order valence-corrected chi connectivity index (χ3v) is 6.51. The van der Waals surface area contributed by atoms with Gasteiger partial charge in [-0.25, -0.2) is 0 Å². The number of nitrogens with zero attached hydrogens (tertiary/aromatic N) is 1. The molecule has 1 aliphatic rings. The van der Waals surface area contributed by atoms with Crippen LogP contribution in [-0.4, -0.2) is 30.3 Å². The van der Waals surface area contributed by atoms with E-state index in [0.29, 0.717) is 12.4 Å². The minimum absolute atomic E-state index is 0.215. The Kier molecular flexibility index (Phi) is 5.07. The Bertz CT molecular complexity index is 1190. The third-order valence-electron chi connectivity index (χ3n) is 5.59. The lowest BCUT2D eigenvalue weighted by molar-refractivity contribution is 0.218. The summed E-state index contributed by atoms with van der Waals surface area (Å²) in [7, 11) is 1.71. The van der Waals surface area contributed by atoms with Gasteiger partial charge in [0.25, 0.3) is 0 Å². The molecule has 1 N–H and O–H groups in total. The molecule has 0 spiro atoms. The molecule has 4 nitrogen and oxygen atoms in total. The average Bonchev–Trinajstić information content (AvgIpc) is 3.22. The smallest absolute Gasteiger partial charge is 0.165 e. The van der Waals surface area contributed by atoms with Crippen molar-refractivity contribution < 1.29 is 14.6 Å². The molecule has 0 radical (unpaired) electrons. The van der Waals surface area contributed by atoms with E-state index in [2.05, 4.69) is 46.7 Å². The second-order valence-electron chi connectivity index (χ2n) is 7.49. The quantitative estimate of drug-likeness (QED) is 0.464. The number of phenolic OH excluding ortho intramolecular Hbond substituents is 1. The predicted octanol–water partition coefficient (Wildman–Crippen LogP) is 5.68. The molecule has 4 aromatic rings. The van der Waals surface area contributed by atoms with E-state index in [1.165, 1.54) is 10.9 Å². The molecule has 0 atom stereocenters. The predicted molar refractivity (Wildman–Crippen MR) is 122 cm³/mol. The minimum Gasteiger partial charge on any atom is -0.504 e. The van der Waals surface area contributed by atoms with Gasteiger partial charge in [0.1, 0.15) is 12.4 Å². The first-order valence-corrected chi connectivity index (χ1v) is 10.9. The molecule has 0 unspecified atom stereocenters. The summed E-state index contributed by atoms with van der Waals surface area (Å²) in [6, 6.07) is 20.6. The fraction of sp³-hybridized carbons (Fsp3) is 0.200. The fourth-order valence-electron chi connectivity index (χ4n) is 4.16. The maximum Gasteiger partial charge on any atom is 0.165 e. The standard InChI is InChI=1S/C25H23NO3S/c1-28-23-9-8-17(20-5-2-3-6-21(20)23)15-26-10-11-29-25-19(16-26)13-18(14-22(25)27)24-7-4-12-30-24/h2-9,12-14,27H,10-11,15-16H2,1H3. The van der Waals surface area contributed by atoms with E-state index in [9.17, 15) is 5.11 Å². The molecule has 1 aliphatic heterocycles. The summed E-state index contributed by atoms with van der Waals surface area (Å²) in [5, 5.41) is 15.0. The molecule has 5 rings (SSSR count). The second kappa shape index (κ2) is 8.01. The zero-order valence-corrected chi connectivity index (χ0v) is 17.6. The van der Waals surface area contributed by atoms with Crippen LogP contribution in [0.15, 0.2) is 66.0 Å². The molecule has 3 aromatic carbocycles. The molecule has 0 amide bonds. The number of rotatable bonds is 4. The van der Waals surface area contributed by atoms with Gasteiger partial charge in [0, 0.05) is 35.5 Å². The number of methoxy groups -OCH3 is 1. The fourth-order valence-corrected chi connectivity index (χ4v) is 4.88. The molecule has 5 heteroatoms. The first-order chi connectivity index (χ1) is 14.7. The van der Waals surface area contributed by atoms with Crippen molar-refractivity contribution in [1.82, 2.24) is 4.90 Å². The van der Waals surface area contributed by atoms with Gasteiger partial charge in [-0.05, 0) is 46.2 Å². The first kappa shape index (κ1) is 19.0. The highest BCUT2D eigenvalue weighted by molar-refractivity contribution is 7.13. The molecule has 0 fully saturated rings. The summed E-state index contributed by atoms with van der Waals surface area (Å²) < 4.78 is 11.5. The molecular weight excluding hydrogens is 394 g/mol. The normalized spacial score (nSPS) is 14.2. The lowest BCUT2D eigenvalue weighted by atomic mass is 10.0. The van der Waals surface area contributed by atoms with Crippen LogP contribution in [0.3, 0.4) is 0 Å². The molecule has 0 saturated carbocycles. The lowest BCUT2D eigenvalue weighted by Crippen LogP contribution is -2.25. The van der Waals surface area contributed by atoms with E-state index in [1.807, 2.05) is 18.2 Å². The van der Waals surface area contributed by atoms with E-state index in [4.69, 9.17) is 9.47 Å². The van der Waals surface area contributed by atoms with Gasteiger partial charge >= 0.3 is 0 Å². The minimum atomic E-state index is 0.215. The van der Waals surface area contributed by atoms with Crippen LogP contribution in [0.1, 0.15) is 11.1 Å². The average molecular weight is 418 g/mol. The maximum absolute atomic E-state index is 10.6. The summed E-state index contributed by atoms with van der Waals surface area (Å²) in [4.78, 5) is 3.52. The SMILES string of the molecule is COc1ccc(CN2CCOc3c(O)cc(-c4cccs4)cc3C2)c2ccccc12. The zero-order chi connectivity index (χ0) is 20.5. The van der Waals surface area contributed by atoms with Gasteiger partial charge in [-0.2, -0.15) is 0 Å². The van der Waals surface area contributed by atoms with Gasteiger partial charge in [-0.15, -0.1) is 11.3 Å². The van der Waals surface area contributed by atoms with Gasteiger partial charge in [0.2, 0.25) is 0 Å².